The minimum absolute atomic E-state index is 0.0790. The zero-order valence-electron chi connectivity index (χ0n) is 19.2. The zero-order valence-corrected chi connectivity index (χ0v) is 19.2. The highest BCUT2D eigenvalue weighted by molar-refractivity contribution is 6.10. The van der Waals surface area contributed by atoms with Crippen LogP contribution < -0.4 is 5.32 Å². The summed E-state index contributed by atoms with van der Waals surface area (Å²) < 4.78 is 12.9. The molecule has 2 aromatic heterocycles. The Bertz CT molecular complexity index is 1130. The van der Waals surface area contributed by atoms with Crippen LogP contribution in [-0.2, 0) is 32.8 Å². The van der Waals surface area contributed by atoms with Crippen LogP contribution in [0.4, 0.5) is 5.82 Å². The van der Waals surface area contributed by atoms with Gasteiger partial charge in [0.1, 0.15) is 5.82 Å². The molecule has 34 heavy (non-hydrogen) atoms. The summed E-state index contributed by atoms with van der Waals surface area (Å²) in [6.45, 7) is 2.64. The number of amides is 1. The molecule has 11 nitrogen and oxygen atoms in total. The van der Waals surface area contributed by atoms with Gasteiger partial charge in [0, 0.05) is 12.6 Å². The first-order chi connectivity index (χ1) is 16.5. The molecule has 0 unspecified atom stereocenters. The molecule has 1 aromatic carbocycles. The lowest BCUT2D eigenvalue weighted by molar-refractivity contribution is -0.223. The second-order valence-electron chi connectivity index (χ2n) is 7.88. The van der Waals surface area contributed by atoms with Crippen LogP contribution in [-0.4, -0.2) is 55.8 Å². The van der Waals surface area contributed by atoms with E-state index < -0.39 is 11.7 Å². The summed E-state index contributed by atoms with van der Waals surface area (Å²) in [6.07, 6.45) is 2.81. The van der Waals surface area contributed by atoms with Gasteiger partial charge in [0.25, 0.3) is 5.91 Å². The Morgan fingerprint density at radius 2 is 1.88 bits per heavy atom. The summed E-state index contributed by atoms with van der Waals surface area (Å²) >= 11 is 0. The molecule has 1 saturated heterocycles. The summed E-state index contributed by atoms with van der Waals surface area (Å²) in [7, 11) is 1.73. The first-order valence-corrected chi connectivity index (χ1v) is 11.1. The number of carbonyl (C=O) groups excluding carboxylic acids is 1. The van der Waals surface area contributed by atoms with E-state index in [1.165, 1.54) is 4.68 Å². The number of oxime groups is 1. The molecule has 1 aliphatic heterocycles. The fourth-order valence-corrected chi connectivity index (χ4v) is 3.36. The Morgan fingerprint density at radius 1 is 1.12 bits per heavy atom. The SMILES string of the molecule is Cn1nnnc1C(=NOCc1cccc(NC(=O)C2(C)OCCCCCO2)n1)c1ccccc1. The number of hydrogen-bond acceptors (Lipinski definition) is 9. The largest absolute Gasteiger partial charge is 0.389 e. The number of rotatable bonds is 7. The van der Waals surface area contributed by atoms with Gasteiger partial charge >= 0.3 is 0 Å². The summed E-state index contributed by atoms with van der Waals surface area (Å²) in [5.74, 6) is -0.925. The van der Waals surface area contributed by atoms with E-state index in [-0.39, 0.29) is 6.61 Å². The number of nitrogens with zero attached hydrogens (tertiary/aromatic N) is 6. The maximum absolute atomic E-state index is 12.8. The summed E-state index contributed by atoms with van der Waals surface area (Å²) in [5.41, 5.74) is 1.88. The Balaban J connectivity index is 1.44. The third kappa shape index (κ3) is 5.80. The molecule has 0 radical (unpaired) electrons. The molecule has 4 rings (SSSR count). The Kier molecular flexibility index (Phi) is 7.55. The van der Waals surface area contributed by atoms with Crippen LogP contribution in [0.2, 0.25) is 0 Å². The van der Waals surface area contributed by atoms with Crippen molar-refractivity contribution in [2.24, 2.45) is 12.2 Å². The quantitative estimate of drug-likeness (QED) is 0.417. The van der Waals surface area contributed by atoms with E-state index in [9.17, 15) is 4.79 Å². The van der Waals surface area contributed by atoms with E-state index in [1.807, 2.05) is 30.3 Å². The maximum Gasteiger partial charge on any atom is 0.285 e. The fraction of sp³-hybridized carbons (Fsp3) is 0.391. The fourth-order valence-electron chi connectivity index (χ4n) is 3.36. The van der Waals surface area contributed by atoms with Gasteiger partial charge in [-0.15, -0.1) is 5.10 Å². The molecule has 3 heterocycles. The molecule has 1 N–H and O–H groups in total. The van der Waals surface area contributed by atoms with Crippen molar-refractivity contribution in [3.8, 4) is 0 Å². The topological polar surface area (TPSA) is 126 Å². The van der Waals surface area contributed by atoms with Crippen molar-refractivity contribution in [2.45, 2.75) is 38.6 Å². The second kappa shape index (κ2) is 10.9. The van der Waals surface area contributed by atoms with Gasteiger partial charge in [0.05, 0.1) is 18.9 Å². The normalized spacial score (nSPS) is 16.4. The Labute approximate surface area is 197 Å². The van der Waals surface area contributed by atoms with Gasteiger partial charge < -0.3 is 19.6 Å². The van der Waals surface area contributed by atoms with Crippen molar-refractivity contribution in [3.63, 3.8) is 0 Å². The van der Waals surface area contributed by atoms with Gasteiger partial charge in [-0.25, -0.2) is 9.67 Å². The van der Waals surface area contributed by atoms with Crippen LogP contribution in [0.25, 0.3) is 0 Å². The van der Waals surface area contributed by atoms with Crippen LogP contribution in [0.5, 0.6) is 0 Å². The first kappa shape index (κ1) is 23.5. The van der Waals surface area contributed by atoms with E-state index in [0.29, 0.717) is 36.3 Å². The van der Waals surface area contributed by atoms with E-state index >= 15 is 0 Å². The Hall–Kier alpha value is -3.70. The molecule has 1 aliphatic rings. The van der Waals surface area contributed by atoms with Gasteiger partial charge in [-0.2, -0.15) is 0 Å². The zero-order chi connectivity index (χ0) is 23.8. The number of benzene rings is 1. The van der Waals surface area contributed by atoms with Crippen molar-refractivity contribution in [1.29, 1.82) is 0 Å². The van der Waals surface area contributed by atoms with E-state index in [0.717, 1.165) is 24.8 Å². The van der Waals surface area contributed by atoms with Crippen molar-refractivity contribution in [2.75, 3.05) is 18.5 Å². The van der Waals surface area contributed by atoms with Crippen molar-refractivity contribution >= 4 is 17.4 Å². The number of pyridine rings is 1. The molecule has 11 heteroatoms. The number of tetrazole rings is 1. The molecule has 0 bridgehead atoms. The van der Waals surface area contributed by atoms with Crippen LogP contribution in [0.1, 0.15) is 43.3 Å². The summed E-state index contributed by atoms with van der Waals surface area (Å²) in [4.78, 5) is 22.9. The van der Waals surface area contributed by atoms with Crippen LogP contribution >= 0.6 is 0 Å². The number of ether oxygens (including phenoxy) is 2. The second-order valence-corrected chi connectivity index (χ2v) is 7.88. The van der Waals surface area contributed by atoms with Gasteiger partial charge in [-0.05, 0) is 48.7 Å². The van der Waals surface area contributed by atoms with Crippen molar-refractivity contribution in [3.05, 3.63) is 65.6 Å². The van der Waals surface area contributed by atoms with Gasteiger partial charge in [0.15, 0.2) is 12.3 Å². The van der Waals surface area contributed by atoms with Crippen LogP contribution in [0.15, 0.2) is 53.7 Å². The molecule has 0 aliphatic carbocycles. The van der Waals surface area contributed by atoms with Gasteiger partial charge in [0.2, 0.25) is 11.6 Å². The molecular weight excluding hydrogens is 438 g/mol. The highest BCUT2D eigenvalue weighted by Crippen LogP contribution is 2.20. The van der Waals surface area contributed by atoms with Crippen LogP contribution in [0, 0.1) is 0 Å². The Morgan fingerprint density at radius 3 is 2.59 bits per heavy atom. The molecule has 1 amide bonds. The van der Waals surface area contributed by atoms with Crippen molar-refractivity contribution < 1.29 is 19.1 Å². The molecule has 0 saturated carbocycles. The van der Waals surface area contributed by atoms with E-state index in [4.69, 9.17) is 14.3 Å². The number of nitrogens with one attached hydrogen (secondary N) is 1. The molecule has 0 spiro atoms. The standard InChI is InChI=1S/C23H27N7O4/c1-23(32-14-7-4-8-15-33-23)22(31)25-19-13-9-12-18(24-19)16-34-27-20(17-10-5-3-6-11-17)21-26-28-29-30(21)2/h3,5-6,9-13H,4,7-8,14-16H2,1-2H3,(H,24,25,31). The first-order valence-electron chi connectivity index (χ1n) is 11.1. The summed E-state index contributed by atoms with van der Waals surface area (Å²) in [5, 5.41) is 18.6. The average molecular weight is 466 g/mol. The highest BCUT2D eigenvalue weighted by atomic mass is 16.7. The van der Waals surface area contributed by atoms with Crippen LogP contribution in [0.3, 0.4) is 0 Å². The van der Waals surface area contributed by atoms with Gasteiger partial charge in [-0.3, -0.25) is 4.79 Å². The summed E-state index contributed by atoms with van der Waals surface area (Å²) in [6, 6.07) is 14.7. The molecule has 3 aromatic rings. The number of aryl methyl sites for hydroxylation is 1. The highest BCUT2D eigenvalue weighted by Gasteiger charge is 2.36. The predicted molar refractivity (Wildman–Crippen MR) is 123 cm³/mol. The maximum atomic E-state index is 12.8. The number of hydrogen-bond donors (Lipinski definition) is 1. The number of carbonyl (C=O) groups is 1. The molecule has 178 valence electrons. The van der Waals surface area contributed by atoms with E-state index in [1.54, 1.807) is 32.2 Å². The van der Waals surface area contributed by atoms with Crippen molar-refractivity contribution in [1.82, 2.24) is 25.2 Å². The monoisotopic (exact) mass is 465 g/mol. The molecular formula is C23H27N7O4. The lowest BCUT2D eigenvalue weighted by Crippen LogP contribution is -2.46. The average Bonchev–Trinajstić information content (AvgIpc) is 3.25. The smallest absolute Gasteiger partial charge is 0.285 e. The number of anilines is 1. The number of aromatic nitrogens is 5. The minimum atomic E-state index is -1.35. The van der Waals surface area contributed by atoms with Gasteiger partial charge in [-0.1, -0.05) is 41.6 Å². The lowest BCUT2D eigenvalue weighted by atomic mass is 10.1. The predicted octanol–water partition coefficient (Wildman–Crippen LogP) is 2.45. The van der Waals surface area contributed by atoms with E-state index in [2.05, 4.69) is 31.0 Å². The minimum Gasteiger partial charge on any atom is -0.389 e. The third-order valence-electron chi connectivity index (χ3n) is 5.25. The third-order valence-corrected chi connectivity index (χ3v) is 5.25. The lowest BCUT2D eigenvalue weighted by Gasteiger charge is -2.30. The molecule has 0 atom stereocenters. The molecule has 1 fully saturated rings.